The Kier molecular flexibility index (Phi) is 2.74. The first-order chi connectivity index (χ1) is 8.83. The van der Waals surface area contributed by atoms with E-state index < -0.39 is 0 Å². The van der Waals surface area contributed by atoms with E-state index in [1.54, 1.807) is 41.7 Å². The van der Waals surface area contributed by atoms with E-state index in [-0.39, 0.29) is 0 Å². The van der Waals surface area contributed by atoms with Crippen molar-refractivity contribution in [2.75, 3.05) is 0 Å². The highest BCUT2D eigenvalue weighted by Gasteiger charge is 2.06. The summed E-state index contributed by atoms with van der Waals surface area (Å²) in [6, 6.07) is 7.36. The van der Waals surface area contributed by atoms with Crippen molar-refractivity contribution in [2.45, 2.75) is 0 Å². The third-order valence-corrected chi connectivity index (χ3v) is 2.63. The van der Waals surface area contributed by atoms with Crippen LogP contribution in [0.2, 0.25) is 5.02 Å². The number of aromatic nitrogens is 5. The highest BCUT2D eigenvalue weighted by molar-refractivity contribution is 6.30. The Labute approximate surface area is 108 Å². The molecule has 0 amide bonds. The fourth-order valence-corrected chi connectivity index (χ4v) is 1.64. The lowest BCUT2D eigenvalue weighted by Crippen LogP contribution is -1.95. The standard InChI is InChI=1S/C12H8ClN5/c13-9-1-3-10(4-2-9)18-8-16-12(17-18)11-7-14-5-6-15-11/h1-8H. The molecule has 0 aliphatic carbocycles. The molecule has 3 rings (SSSR count). The van der Waals surface area contributed by atoms with Crippen molar-refractivity contribution in [3.63, 3.8) is 0 Å². The van der Waals surface area contributed by atoms with Crippen molar-refractivity contribution < 1.29 is 0 Å². The third kappa shape index (κ3) is 2.08. The second-order valence-corrected chi connectivity index (χ2v) is 4.02. The Morgan fingerprint density at radius 1 is 1.00 bits per heavy atom. The molecule has 88 valence electrons. The Hall–Kier alpha value is -2.27. The van der Waals surface area contributed by atoms with Crippen LogP contribution >= 0.6 is 11.6 Å². The number of benzene rings is 1. The van der Waals surface area contributed by atoms with Crippen LogP contribution in [0.5, 0.6) is 0 Å². The zero-order valence-corrected chi connectivity index (χ0v) is 9.99. The van der Waals surface area contributed by atoms with E-state index in [0.717, 1.165) is 5.69 Å². The highest BCUT2D eigenvalue weighted by atomic mass is 35.5. The van der Waals surface area contributed by atoms with E-state index in [4.69, 9.17) is 11.6 Å². The number of nitrogens with zero attached hydrogens (tertiary/aromatic N) is 5. The summed E-state index contributed by atoms with van der Waals surface area (Å²) in [6.45, 7) is 0. The third-order valence-electron chi connectivity index (χ3n) is 2.38. The predicted octanol–water partition coefficient (Wildman–Crippen LogP) is 2.38. The summed E-state index contributed by atoms with van der Waals surface area (Å²) in [5, 5.41) is 5.03. The molecule has 2 aromatic heterocycles. The number of hydrogen-bond donors (Lipinski definition) is 0. The second-order valence-electron chi connectivity index (χ2n) is 3.58. The van der Waals surface area contributed by atoms with Crippen molar-refractivity contribution in [1.82, 2.24) is 24.7 Å². The largest absolute Gasteiger partial charge is 0.261 e. The molecule has 0 saturated heterocycles. The average Bonchev–Trinajstić information content (AvgIpc) is 2.90. The molecular formula is C12H8ClN5. The Bertz CT molecular complexity index is 648. The van der Waals surface area contributed by atoms with E-state index in [9.17, 15) is 0 Å². The van der Waals surface area contributed by atoms with Gasteiger partial charge in [-0.1, -0.05) is 11.6 Å². The summed E-state index contributed by atoms with van der Waals surface area (Å²) in [4.78, 5) is 12.3. The van der Waals surface area contributed by atoms with Crippen molar-refractivity contribution in [3.05, 3.63) is 54.2 Å². The molecule has 0 saturated carbocycles. The molecule has 0 bridgehead atoms. The fourth-order valence-electron chi connectivity index (χ4n) is 1.51. The number of halogens is 1. The molecule has 6 heteroatoms. The molecule has 0 atom stereocenters. The normalized spacial score (nSPS) is 10.5. The van der Waals surface area contributed by atoms with Crippen molar-refractivity contribution in [3.8, 4) is 17.2 Å². The topological polar surface area (TPSA) is 56.5 Å². The van der Waals surface area contributed by atoms with Crippen molar-refractivity contribution >= 4 is 11.6 Å². The lowest BCUT2D eigenvalue weighted by atomic mass is 10.3. The van der Waals surface area contributed by atoms with Crippen LogP contribution in [0.15, 0.2) is 49.2 Å². The molecule has 0 aliphatic rings. The quantitative estimate of drug-likeness (QED) is 0.707. The molecule has 0 aliphatic heterocycles. The zero-order valence-electron chi connectivity index (χ0n) is 9.23. The maximum atomic E-state index is 5.84. The highest BCUT2D eigenvalue weighted by Crippen LogP contribution is 2.14. The van der Waals surface area contributed by atoms with Crippen LogP contribution in [0.4, 0.5) is 0 Å². The van der Waals surface area contributed by atoms with E-state index in [1.807, 2.05) is 12.1 Å². The summed E-state index contributed by atoms with van der Waals surface area (Å²) in [5.74, 6) is 0.540. The van der Waals surface area contributed by atoms with E-state index in [1.165, 1.54) is 0 Å². The number of hydrogen-bond acceptors (Lipinski definition) is 4. The van der Waals surface area contributed by atoms with E-state index >= 15 is 0 Å². The van der Waals surface area contributed by atoms with Gasteiger partial charge in [0, 0.05) is 17.4 Å². The van der Waals surface area contributed by atoms with Gasteiger partial charge in [-0.25, -0.2) is 14.6 Å². The van der Waals surface area contributed by atoms with Gasteiger partial charge >= 0.3 is 0 Å². The summed E-state index contributed by atoms with van der Waals surface area (Å²) in [7, 11) is 0. The minimum atomic E-state index is 0.540. The lowest BCUT2D eigenvalue weighted by Gasteiger charge is -1.99. The molecule has 0 unspecified atom stereocenters. The summed E-state index contributed by atoms with van der Waals surface area (Å²) >= 11 is 5.84. The Morgan fingerprint density at radius 3 is 2.56 bits per heavy atom. The van der Waals surface area contributed by atoms with E-state index in [2.05, 4.69) is 20.1 Å². The van der Waals surface area contributed by atoms with Gasteiger partial charge in [-0.05, 0) is 24.3 Å². The van der Waals surface area contributed by atoms with Crippen LogP contribution in [-0.2, 0) is 0 Å². The second kappa shape index (κ2) is 4.54. The average molecular weight is 258 g/mol. The molecule has 3 aromatic rings. The molecule has 2 heterocycles. The van der Waals surface area contributed by atoms with Gasteiger partial charge in [0.25, 0.3) is 0 Å². The molecule has 0 N–H and O–H groups in total. The van der Waals surface area contributed by atoms with Gasteiger partial charge in [0.1, 0.15) is 12.0 Å². The first-order valence-electron chi connectivity index (χ1n) is 5.27. The van der Waals surface area contributed by atoms with Crippen molar-refractivity contribution in [2.24, 2.45) is 0 Å². The smallest absolute Gasteiger partial charge is 0.201 e. The molecule has 18 heavy (non-hydrogen) atoms. The fraction of sp³-hybridized carbons (Fsp3) is 0. The van der Waals surface area contributed by atoms with Crippen LogP contribution in [0.1, 0.15) is 0 Å². The molecule has 1 aromatic carbocycles. The van der Waals surface area contributed by atoms with Gasteiger partial charge in [-0.15, -0.1) is 5.10 Å². The van der Waals surface area contributed by atoms with Gasteiger partial charge < -0.3 is 0 Å². The van der Waals surface area contributed by atoms with Gasteiger partial charge in [0.2, 0.25) is 5.82 Å². The molecule has 0 fully saturated rings. The summed E-state index contributed by atoms with van der Waals surface area (Å²) in [6.07, 6.45) is 6.48. The summed E-state index contributed by atoms with van der Waals surface area (Å²) in [5.41, 5.74) is 1.53. The van der Waals surface area contributed by atoms with Crippen LogP contribution < -0.4 is 0 Å². The van der Waals surface area contributed by atoms with Gasteiger partial charge in [-0.2, -0.15) is 0 Å². The summed E-state index contributed by atoms with van der Waals surface area (Å²) < 4.78 is 1.67. The minimum absolute atomic E-state index is 0.540. The Morgan fingerprint density at radius 2 is 1.83 bits per heavy atom. The van der Waals surface area contributed by atoms with Crippen LogP contribution in [0.25, 0.3) is 17.2 Å². The maximum Gasteiger partial charge on any atom is 0.201 e. The molecule has 0 spiro atoms. The Balaban J connectivity index is 1.97. The minimum Gasteiger partial charge on any atom is -0.261 e. The maximum absolute atomic E-state index is 5.84. The van der Waals surface area contributed by atoms with Crippen LogP contribution in [0, 0.1) is 0 Å². The first-order valence-corrected chi connectivity index (χ1v) is 5.65. The van der Waals surface area contributed by atoms with Crippen molar-refractivity contribution in [1.29, 1.82) is 0 Å². The zero-order chi connectivity index (χ0) is 12.4. The van der Waals surface area contributed by atoms with Crippen LogP contribution in [0.3, 0.4) is 0 Å². The lowest BCUT2D eigenvalue weighted by molar-refractivity contribution is 0.880. The number of rotatable bonds is 2. The van der Waals surface area contributed by atoms with Gasteiger partial charge in [-0.3, -0.25) is 4.98 Å². The first kappa shape index (κ1) is 10.9. The monoisotopic (exact) mass is 257 g/mol. The van der Waals surface area contributed by atoms with E-state index in [0.29, 0.717) is 16.5 Å². The van der Waals surface area contributed by atoms with Crippen LogP contribution in [-0.4, -0.2) is 24.7 Å². The SMILES string of the molecule is Clc1ccc(-n2cnc(-c3cnccn3)n2)cc1. The molecular weight excluding hydrogens is 250 g/mol. The molecule has 5 nitrogen and oxygen atoms in total. The predicted molar refractivity (Wildman–Crippen MR) is 67.4 cm³/mol. The van der Waals surface area contributed by atoms with Gasteiger partial charge in [0.05, 0.1) is 11.9 Å². The van der Waals surface area contributed by atoms with Gasteiger partial charge in [0.15, 0.2) is 0 Å². The molecule has 0 radical (unpaired) electrons.